The molecule has 0 bridgehead atoms. The average molecular weight is 184 g/mol. The van der Waals surface area contributed by atoms with Crippen molar-refractivity contribution in [2.75, 3.05) is 46.3 Å². The molecule has 2 aliphatic rings. The molecule has 0 unspecified atom stereocenters. The fourth-order valence-electron chi connectivity index (χ4n) is 1.77. The molecule has 2 amide bonds. The van der Waals surface area contributed by atoms with Crippen LogP contribution in [0.2, 0.25) is 0 Å². The monoisotopic (exact) mass is 184 g/mol. The topological polar surface area (TPSA) is 38.8 Å². The summed E-state index contributed by atoms with van der Waals surface area (Å²) in [6.45, 7) is 5.62. The molecule has 74 valence electrons. The van der Waals surface area contributed by atoms with Crippen molar-refractivity contribution in [3.8, 4) is 0 Å². The Balaban J connectivity index is 1.90. The Morgan fingerprint density at radius 3 is 2.38 bits per heavy atom. The lowest BCUT2D eigenvalue weighted by Crippen LogP contribution is -2.53. The molecule has 0 spiro atoms. The molecule has 5 nitrogen and oxygen atoms in total. The predicted octanol–water partition coefficient (Wildman–Crippen LogP) is -0.826. The molecule has 0 aromatic heterocycles. The van der Waals surface area contributed by atoms with Gasteiger partial charge in [0.1, 0.15) is 0 Å². The van der Waals surface area contributed by atoms with Gasteiger partial charge in [0.05, 0.1) is 6.54 Å². The van der Waals surface area contributed by atoms with E-state index in [1.54, 1.807) is 0 Å². The van der Waals surface area contributed by atoms with Crippen molar-refractivity contribution in [3.63, 3.8) is 0 Å². The number of hydrogen-bond acceptors (Lipinski definition) is 3. The minimum atomic E-state index is 0.0598. The molecule has 2 heterocycles. The Morgan fingerprint density at radius 2 is 1.85 bits per heavy atom. The van der Waals surface area contributed by atoms with Gasteiger partial charge in [-0.25, -0.2) is 9.80 Å². The zero-order valence-electron chi connectivity index (χ0n) is 7.99. The first kappa shape index (κ1) is 8.77. The van der Waals surface area contributed by atoms with E-state index in [1.807, 2.05) is 5.01 Å². The quantitative estimate of drug-likeness (QED) is 0.578. The molecule has 2 fully saturated rings. The Hall–Kier alpha value is -0.810. The van der Waals surface area contributed by atoms with Gasteiger partial charge in [-0.3, -0.25) is 5.01 Å². The van der Waals surface area contributed by atoms with E-state index in [0.717, 1.165) is 39.3 Å². The lowest BCUT2D eigenvalue weighted by molar-refractivity contribution is -0.00446. The molecular formula is C8H16N4O. The maximum atomic E-state index is 11.3. The van der Waals surface area contributed by atoms with Gasteiger partial charge in [-0.05, 0) is 7.05 Å². The number of carbonyl (C=O) groups is 1. The zero-order valence-corrected chi connectivity index (χ0v) is 7.99. The summed E-state index contributed by atoms with van der Waals surface area (Å²) in [6.07, 6.45) is 0. The van der Waals surface area contributed by atoms with Crippen molar-refractivity contribution in [1.29, 1.82) is 0 Å². The van der Waals surface area contributed by atoms with Crippen LogP contribution in [0.15, 0.2) is 0 Å². The molecule has 2 aliphatic heterocycles. The third-order valence-corrected chi connectivity index (χ3v) is 2.66. The standard InChI is InChI=1S/C8H16N4O/c1-10-4-6-11(7-5-10)12-3-2-9-8(12)13/h2-7H2,1H3,(H,9,13). The number of nitrogens with one attached hydrogen (secondary N) is 1. The second kappa shape index (κ2) is 3.51. The highest BCUT2D eigenvalue weighted by Crippen LogP contribution is 2.06. The molecule has 2 saturated heterocycles. The van der Waals surface area contributed by atoms with E-state index in [4.69, 9.17) is 0 Å². The highest BCUT2D eigenvalue weighted by molar-refractivity contribution is 5.75. The van der Waals surface area contributed by atoms with Gasteiger partial charge in [0, 0.05) is 32.7 Å². The fraction of sp³-hybridized carbons (Fsp3) is 0.875. The van der Waals surface area contributed by atoms with Crippen molar-refractivity contribution in [2.45, 2.75) is 0 Å². The van der Waals surface area contributed by atoms with E-state index in [-0.39, 0.29) is 6.03 Å². The summed E-state index contributed by atoms with van der Waals surface area (Å²) in [5, 5.41) is 6.78. The van der Waals surface area contributed by atoms with E-state index in [1.165, 1.54) is 0 Å². The first-order valence-corrected chi connectivity index (χ1v) is 4.76. The van der Waals surface area contributed by atoms with E-state index in [0.29, 0.717) is 0 Å². The largest absolute Gasteiger partial charge is 0.335 e. The van der Waals surface area contributed by atoms with E-state index >= 15 is 0 Å². The Kier molecular flexibility index (Phi) is 2.37. The lowest BCUT2D eigenvalue weighted by Gasteiger charge is -2.37. The second-order valence-electron chi connectivity index (χ2n) is 3.61. The van der Waals surface area contributed by atoms with E-state index < -0.39 is 0 Å². The Morgan fingerprint density at radius 1 is 1.15 bits per heavy atom. The lowest BCUT2D eigenvalue weighted by atomic mass is 10.4. The van der Waals surface area contributed by atoms with Gasteiger partial charge in [-0.1, -0.05) is 0 Å². The second-order valence-corrected chi connectivity index (χ2v) is 3.61. The fourth-order valence-corrected chi connectivity index (χ4v) is 1.77. The van der Waals surface area contributed by atoms with Crippen LogP contribution in [-0.2, 0) is 0 Å². The summed E-state index contributed by atoms with van der Waals surface area (Å²) in [4.78, 5) is 13.6. The summed E-state index contributed by atoms with van der Waals surface area (Å²) in [6, 6.07) is 0.0598. The van der Waals surface area contributed by atoms with Crippen LogP contribution in [0.4, 0.5) is 4.79 Å². The van der Waals surface area contributed by atoms with Crippen molar-refractivity contribution >= 4 is 6.03 Å². The number of amides is 2. The van der Waals surface area contributed by atoms with E-state index in [2.05, 4.69) is 22.3 Å². The molecule has 0 radical (unpaired) electrons. The summed E-state index contributed by atoms with van der Waals surface area (Å²) in [7, 11) is 2.11. The number of rotatable bonds is 1. The van der Waals surface area contributed by atoms with Gasteiger partial charge in [0.15, 0.2) is 0 Å². The number of likely N-dealkylation sites (N-methyl/N-ethyl adjacent to an activating group) is 1. The summed E-state index contributed by atoms with van der Waals surface area (Å²) in [5.74, 6) is 0. The molecule has 13 heavy (non-hydrogen) atoms. The van der Waals surface area contributed by atoms with Crippen LogP contribution in [0.25, 0.3) is 0 Å². The van der Waals surface area contributed by atoms with Gasteiger partial charge in [0.2, 0.25) is 0 Å². The minimum Gasteiger partial charge on any atom is -0.335 e. The molecule has 0 aromatic carbocycles. The summed E-state index contributed by atoms with van der Waals surface area (Å²) < 4.78 is 0. The number of hydrogen-bond donors (Lipinski definition) is 1. The van der Waals surface area contributed by atoms with Crippen LogP contribution in [0, 0.1) is 0 Å². The SMILES string of the molecule is CN1CCN(N2CCNC2=O)CC1. The number of hydrazine groups is 1. The van der Waals surface area contributed by atoms with Crippen molar-refractivity contribution < 1.29 is 4.79 Å². The Bertz CT molecular complexity index is 200. The van der Waals surface area contributed by atoms with Crippen molar-refractivity contribution in [2.24, 2.45) is 0 Å². The maximum Gasteiger partial charge on any atom is 0.332 e. The first-order chi connectivity index (χ1) is 6.27. The normalized spacial score (nSPS) is 26.5. The molecule has 0 aromatic rings. The van der Waals surface area contributed by atoms with Crippen LogP contribution in [0.3, 0.4) is 0 Å². The molecule has 0 aliphatic carbocycles. The molecule has 0 atom stereocenters. The van der Waals surface area contributed by atoms with Crippen LogP contribution in [0.5, 0.6) is 0 Å². The smallest absolute Gasteiger partial charge is 0.332 e. The van der Waals surface area contributed by atoms with Crippen molar-refractivity contribution in [1.82, 2.24) is 20.2 Å². The molecule has 1 N–H and O–H groups in total. The molecular weight excluding hydrogens is 168 g/mol. The number of urea groups is 1. The van der Waals surface area contributed by atoms with Gasteiger partial charge < -0.3 is 10.2 Å². The first-order valence-electron chi connectivity index (χ1n) is 4.76. The van der Waals surface area contributed by atoms with E-state index in [9.17, 15) is 4.79 Å². The Labute approximate surface area is 78.2 Å². The summed E-state index contributed by atoms with van der Waals surface area (Å²) >= 11 is 0. The molecule has 2 rings (SSSR count). The van der Waals surface area contributed by atoms with Crippen LogP contribution < -0.4 is 5.32 Å². The van der Waals surface area contributed by atoms with Gasteiger partial charge >= 0.3 is 6.03 Å². The zero-order chi connectivity index (χ0) is 9.26. The van der Waals surface area contributed by atoms with Crippen molar-refractivity contribution in [3.05, 3.63) is 0 Å². The van der Waals surface area contributed by atoms with Crippen LogP contribution >= 0.6 is 0 Å². The highest BCUT2D eigenvalue weighted by Gasteiger charge is 2.27. The number of piperazine rings is 1. The maximum absolute atomic E-state index is 11.3. The number of nitrogens with zero attached hydrogens (tertiary/aromatic N) is 3. The third kappa shape index (κ3) is 1.76. The van der Waals surface area contributed by atoms with Crippen LogP contribution in [-0.4, -0.2) is 67.3 Å². The highest BCUT2D eigenvalue weighted by atomic mass is 16.2. The van der Waals surface area contributed by atoms with Gasteiger partial charge in [-0.15, -0.1) is 0 Å². The third-order valence-electron chi connectivity index (χ3n) is 2.66. The summed E-state index contributed by atoms with van der Waals surface area (Å²) in [5.41, 5.74) is 0. The van der Waals surface area contributed by atoms with Crippen LogP contribution in [0.1, 0.15) is 0 Å². The number of carbonyl (C=O) groups excluding carboxylic acids is 1. The van der Waals surface area contributed by atoms with Gasteiger partial charge in [0.25, 0.3) is 0 Å². The predicted molar refractivity (Wildman–Crippen MR) is 49.2 cm³/mol. The molecule has 0 saturated carbocycles. The van der Waals surface area contributed by atoms with Gasteiger partial charge in [-0.2, -0.15) is 0 Å². The minimum absolute atomic E-state index is 0.0598. The molecule has 5 heteroatoms. The average Bonchev–Trinajstić information content (AvgIpc) is 2.53.